The number of nitrogens with zero attached hydrogens (tertiary/aromatic N) is 1. The van der Waals surface area contributed by atoms with Gasteiger partial charge in [0.25, 0.3) is 5.91 Å². The van der Waals surface area contributed by atoms with Gasteiger partial charge in [0.05, 0.1) is 13.5 Å². The van der Waals surface area contributed by atoms with E-state index in [-0.39, 0.29) is 18.5 Å². The number of carboxylic acid groups (broad SMARTS) is 2. The third-order valence-corrected chi connectivity index (χ3v) is 2.99. The molecule has 21 heavy (non-hydrogen) atoms. The zero-order chi connectivity index (χ0) is 16.0. The summed E-state index contributed by atoms with van der Waals surface area (Å²) < 4.78 is 4.98. The summed E-state index contributed by atoms with van der Waals surface area (Å²) in [7, 11) is 1.49. The number of methoxy groups -OCH3 is 1. The first-order chi connectivity index (χ1) is 9.86. The normalized spacial score (nSPS) is 11.5. The molecule has 1 aromatic rings. The van der Waals surface area contributed by atoms with E-state index in [4.69, 9.17) is 14.9 Å². The van der Waals surface area contributed by atoms with Gasteiger partial charge in [0.15, 0.2) is 0 Å². The molecule has 1 atom stereocenters. The van der Waals surface area contributed by atoms with Gasteiger partial charge in [-0.2, -0.15) is 0 Å². The molecule has 0 aliphatic heterocycles. The quantitative estimate of drug-likeness (QED) is 0.780. The van der Waals surface area contributed by atoms with E-state index in [9.17, 15) is 14.4 Å². The van der Waals surface area contributed by atoms with Crippen molar-refractivity contribution in [2.24, 2.45) is 0 Å². The number of hydrogen-bond acceptors (Lipinski definition) is 4. The third-order valence-electron chi connectivity index (χ3n) is 2.99. The van der Waals surface area contributed by atoms with Crippen molar-refractivity contribution in [2.45, 2.75) is 19.4 Å². The Hall–Kier alpha value is -2.57. The molecule has 0 spiro atoms. The Labute approximate surface area is 121 Å². The highest BCUT2D eigenvalue weighted by Crippen LogP contribution is 2.15. The Morgan fingerprint density at radius 2 is 1.76 bits per heavy atom. The van der Waals surface area contributed by atoms with Crippen LogP contribution in [0, 0.1) is 0 Å². The van der Waals surface area contributed by atoms with E-state index in [0.717, 1.165) is 4.90 Å². The molecule has 114 valence electrons. The molecule has 1 rings (SSSR count). The summed E-state index contributed by atoms with van der Waals surface area (Å²) in [5, 5.41) is 17.7. The molecule has 0 aromatic heterocycles. The summed E-state index contributed by atoms with van der Waals surface area (Å²) >= 11 is 0. The second kappa shape index (κ2) is 7.28. The predicted octanol–water partition coefficient (Wildman–Crippen LogP) is 1.09. The molecule has 7 heteroatoms. The van der Waals surface area contributed by atoms with Gasteiger partial charge in [-0.1, -0.05) is 0 Å². The molecule has 2 N–H and O–H groups in total. The van der Waals surface area contributed by atoms with E-state index in [0.29, 0.717) is 5.75 Å². The maximum atomic E-state index is 12.3. The van der Waals surface area contributed by atoms with E-state index < -0.39 is 23.9 Å². The first-order valence-corrected chi connectivity index (χ1v) is 6.26. The van der Waals surface area contributed by atoms with Crippen LogP contribution < -0.4 is 4.74 Å². The fraction of sp³-hybridized carbons (Fsp3) is 0.357. The van der Waals surface area contributed by atoms with Crippen LogP contribution in [-0.2, 0) is 9.59 Å². The van der Waals surface area contributed by atoms with Gasteiger partial charge in [-0.25, -0.2) is 4.79 Å². The summed E-state index contributed by atoms with van der Waals surface area (Å²) in [6, 6.07) is 5.05. The molecule has 0 bridgehead atoms. The van der Waals surface area contributed by atoms with Crippen molar-refractivity contribution in [1.82, 2.24) is 4.90 Å². The van der Waals surface area contributed by atoms with Crippen molar-refractivity contribution >= 4 is 17.8 Å². The van der Waals surface area contributed by atoms with Crippen molar-refractivity contribution < 1.29 is 29.3 Å². The van der Waals surface area contributed by atoms with Gasteiger partial charge < -0.3 is 19.8 Å². The minimum absolute atomic E-state index is 0.173. The van der Waals surface area contributed by atoms with Crippen LogP contribution in [-0.4, -0.2) is 52.7 Å². The zero-order valence-electron chi connectivity index (χ0n) is 11.8. The maximum absolute atomic E-state index is 12.3. The molecule has 1 unspecified atom stereocenters. The summed E-state index contributed by atoms with van der Waals surface area (Å²) in [5.41, 5.74) is 0.272. The van der Waals surface area contributed by atoms with Gasteiger partial charge in [0.1, 0.15) is 11.8 Å². The van der Waals surface area contributed by atoms with E-state index in [1.807, 2.05) is 0 Å². The fourth-order valence-corrected chi connectivity index (χ4v) is 1.72. The molecule has 0 aliphatic rings. The fourth-order valence-electron chi connectivity index (χ4n) is 1.72. The van der Waals surface area contributed by atoms with E-state index in [1.165, 1.54) is 26.2 Å². The first-order valence-electron chi connectivity index (χ1n) is 6.26. The van der Waals surface area contributed by atoms with Crippen LogP contribution in [0.15, 0.2) is 24.3 Å². The van der Waals surface area contributed by atoms with Crippen LogP contribution in [0.2, 0.25) is 0 Å². The highest BCUT2D eigenvalue weighted by atomic mass is 16.5. The van der Waals surface area contributed by atoms with Crippen molar-refractivity contribution in [3.63, 3.8) is 0 Å². The smallest absolute Gasteiger partial charge is 0.326 e. The molecule has 1 amide bonds. The lowest BCUT2D eigenvalue weighted by atomic mass is 10.1. The van der Waals surface area contributed by atoms with Gasteiger partial charge in [-0.05, 0) is 31.2 Å². The first kappa shape index (κ1) is 16.5. The predicted molar refractivity (Wildman–Crippen MR) is 73.4 cm³/mol. The number of ether oxygens (including phenoxy) is 1. The number of carbonyl (C=O) groups is 3. The average Bonchev–Trinajstić information content (AvgIpc) is 2.46. The lowest BCUT2D eigenvalue weighted by molar-refractivity contribution is -0.143. The number of aliphatic carboxylic acids is 2. The Balaban J connectivity index is 2.96. The van der Waals surface area contributed by atoms with Gasteiger partial charge in [-0.15, -0.1) is 0 Å². The molecule has 0 fully saturated rings. The van der Waals surface area contributed by atoms with Gasteiger partial charge in [0, 0.05) is 12.1 Å². The van der Waals surface area contributed by atoms with E-state index in [2.05, 4.69) is 0 Å². The van der Waals surface area contributed by atoms with Crippen molar-refractivity contribution in [2.75, 3.05) is 13.7 Å². The van der Waals surface area contributed by atoms with E-state index >= 15 is 0 Å². The largest absolute Gasteiger partial charge is 0.497 e. The molecule has 1 aromatic carbocycles. The van der Waals surface area contributed by atoms with Gasteiger partial charge in [-0.3, -0.25) is 9.59 Å². The summed E-state index contributed by atoms with van der Waals surface area (Å²) in [6.07, 6.45) is -0.320. The van der Waals surface area contributed by atoms with Crippen LogP contribution in [0.5, 0.6) is 5.75 Å². The van der Waals surface area contributed by atoms with Crippen molar-refractivity contribution in [3.8, 4) is 5.75 Å². The lowest BCUT2D eigenvalue weighted by Gasteiger charge is -2.26. The number of amides is 1. The molecular weight excluding hydrogens is 278 g/mol. The van der Waals surface area contributed by atoms with Crippen molar-refractivity contribution in [3.05, 3.63) is 29.8 Å². The topological polar surface area (TPSA) is 104 Å². The number of hydrogen-bond donors (Lipinski definition) is 2. The minimum Gasteiger partial charge on any atom is -0.497 e. The summed E-state index contributed by atoms with van der Waals surface area (Å²) in [6.45, 7) is 1.17. The van der Waals surface area contributed by atoms with Crippen LogP contribution in [0.4, 0.5) is 0 Å². The van der Waals surface area contributed by atoms with Crippen LogP contribution in [0.25, 0.3) is 0 Å². The molecule has 0 aliphatic carbocycles. The standard InChI is InChI=1S/C14H17NO6/c1-9(14(19)20)15(8-7-12(16)17)13(18)10-3-5-11(21-2)6-4-10/h3-6,9H,7-8H2,1-2H3,(H,16,17)(H,19,20). The zero-order valence-corrected chi connectivity index (χ0v) is 11.8. The number of carbonyl (C=O) groups excluding carboxylic acids is 1. The number of rotatable bonds is 7. The second-order valence-electron chi connectivity index (χ2n) is 4.38. The molecule has 0 heterocycles. The summed E-state index contributed by atoms with van der Waals surface area (Å²) in [5.74, 6) is -2.26. The maximum Gasteiger partial charge on any atom is 0.326 e. The monoisotopic (exact) mass is 295 g/mol. The minimum atomic E-state index is -1.19. The number of carboxylic acids is 2. The average molecular weight is 295 g/mol. The summed E-state index contributed by atoms with van der Waals surface area (Å²) in [4.78, 5) is 35.1. The Kier molecular flexibility index (Phi) is 5.71. The lowest BCUT2D eigenvalue weighted by Crippen LogP contribution is -2.44. The number of benzene rings is 1. The molecule has 0 saturated carbocycles. The molecule has 0 radical (unpaired) electrons. The molecule has 0 saturated heterocycles. The Morgan fingerprint density at radius 1 is 1.19 bits per heavy atom. The molecule has 7 nitrogen and oxygen atoms in total. The van der Waals surface area contributed by atoms with Crippen LogP contribution in [0.3, 0.4) is 0 Å². The second-order valence-corrected chi connectivity index (χ2v) is 4.38. The van der Waals surface area contributed by atoms with Crippen LogP contribution >= 0.6 is 0 Å². The Morgan fingerprint density at radius 3 is 2.19 bits per heavy atom. The van der Waals surface area contributed by atoms with E-state index in [1.54, 1.807) is 12.1 Å². The highest BCUT2D eigenvalue weighted by Gasteiger charge is 2.26. The SMILES string of the molecule is COc1ccc(C(=O)N(CCC(=O)O)C(C)C(=O)O)cc1. The highest BCUT2D eigenvalue weighted by molar-refractivity contribution is 5.96. The van der Waals surface area contributed by atoms with Crippen molar-refractivity contribution in [1.29, 1.82) is 0 Å². The van der Waals surface area contributed by atoms with Gasteiger partial charge in [0.2, 0.25) is 0 Å². The molecular formula is C14H17NO6. The van der Waals surface area contributed by atoms with Crippen LogP contribution in [0.1, 0.15) is 23.7 Å². The van der Waals surface area contributed by atoms with Gasteiger partial charge >= 0.3 is 11.9 Å². The Bertz CT molecular complexity index is 525. The third kappa shape index (κ3) is 4.48.